The predicted molar refractivity (Wildman–Crippen MR) is 103 cm³/mol. The minimum absolute atomic E-state index is 0.0448. The number of hydrogen-bond acceptors (Lipinski definition) is 5. The Morgan fingerprint density at radius 1 is 1.11 bits per heavy atom. The molecular weight excluding hydrogens is 406 g/mol. The number of aromatic nitrogens is 2. The monoisotopic (exact) mass is 419 g/mol. The van der Waals surface area contributed by atoms with Crippen LogP contribution in [0.4, 0.5) is 5.69 Å². The summed E-state index contributed by atoms with van der Waals surface area (Å²) in [5.41, 5.74) is 1.14. The minimum Gasteiger partial charge on any atom is -0.476 e. The molecule has 28 heavy (non-hydrogen) atoms. The summed E-state index contributed by atoms with van der Waals surface area (Å²) in [5, 5.41) is 15.5. The van der Waals surface area contributed by atoms with Crippen molar-refractivity contribution in [2.45, 2.75) is 4.90 Å². The molecule has 0 aliphatic carbocycles. The number of hydrogen-bond donors (Lipinski definition) is 2. The van der Waals surface area contributed by atoms with E-state index in [-0.39, 0.29) is 21.2 Å². The van der Waals surface area contributed by atoms with Crippen molar-refractivity contribution in [3.8, 4) is 5.69 Å². The van der Waals surface area contributed by atoms with Gasteiger partial charge in [0.25, 0.3) is 5.91 Å². The zero-order valence-electron chi connectivity index (χ0n) is 14.5. The quantitative estimate of drug-likeness (QED) is 0.656. The van der Waals surface area contributed by atoms with Crippen molar-refractivity contribution in [3.63, 3.8) is 0 Å². The molecule has 3 rings (SSSR count). The molecule has 0 unspecified atom stereocenters. The number of carboxylic acid groups (broad SMARTS) is 1. The normalized spacial score (nSPS) is 11.2. The predicted octanol–water partition coefficient (Wildman–Crippen LogP) is 2.88. The van der Waals surface area contributed by atoms with Crippen LogP contribution < -0.4 is 5.32 Å². The van der Waals surface area contributed by atoms with Crippen molar-refractivity contribution in [2.75, 3.05) is 11.6 Å². The molecule has 1 amide bonds. The van der Waals surface area contributed by atoms with Gasteiger partial charge in [0.2, 0.25) is 0 Å². The van der Waals surface area contributed by atoms with Gasteiger partial charge in [-0.05, 0) is 48.5 Å². The van der Waals surface area contributed by atoms with Crippen molar-refractivity contribution < 1.29 is 23.1 Å². The highest BCUT2D eigenvalue weighted by molar-refractivity contribution is 7.90. The molecule has 2 N–H and O–H groups in total. The smallest absolute Gasteiger partial charge is 0.356 e. The largest absolute Gasteiger partial charge is 0.476 e. The first-order valence-electron chi connectivity index (χ1n) is 7.85. The second-order valence-electron chi connectivity index (χ2n) is 5.87. The number of anilines is 1. The number of rotatable bonds is 5. The molecule has 0 bridgehead atoms. The zero-order chi connectivity index (χ0) is 20.5. The van der Waals surface area contributed by atoms with E-state index in [4.69, 9.17) is 16.7 Å². The van der Waals surface area contributed by atoms with E-state index < -0.39 is 21.7 Å². The Morgan fingerprint density at radius 2 is 1.79 bits per heavy atom. The lowest BCUT2D eigenvalue weighted by Gasteiger charge is -2.09. The number of halogens is 1. The Morgan fingerprint density at radius 3 is 2.36 bits per heavy atom. The molecule has 0 aliphatic heterocycles. The number of carboxylic acids is 1. The zero-order valence-corrected chi connectivity index (χ0v) is 16.0. The first kappa shape index (κ1) is 19.6. The van der Waals surface area contributed by atoms with E-state index in [9.17, 15) is 18.0 Å². The molecule has 0 atom stereocenters. The lowest BCUT2D eigenvalue weighted by molar-refractivity contribution is 0.0689. The van der Waals surface area contributed by atoms with Gasteiger partial charge in [-0.15, -0.1) is 0 Å². The number of carbonyl (C=O) groups is 2. The number of amides is 1. The average molecular weight is 420 g/mol. The Kier molecular flexibility index (Phi) is 5.21. The summed E-state index contributed by atoms with van der Waals surface area (Å²) in [6.45, 7) is 0. The van der Waals surface area contributed by atoms with Crippen molar-refractivity contribution in [1.82, 2.24) is 9.78 Å². The van der Waals surface area contributed by atoms with Crippen LogP contribution in [0.15, 0.2) is 59.6 Å². The molecule has 0 fully saturated rings. The van der Waals surface area contributed by atoms with Gasteiger partial charge >= 0.3 is 5.97 Å². The third-order valence-electron chi connectivity index (χ3n) is 3.79. The Labute approximate surface area is 165 Å². The van der Waals surface area contributed by atoms with E-state index in [0.29, 0.717) is 11.4 Å². The maximum atomic E-state index is 12.4. The maximum Gasteiger partial charge on any atom is 0.356 e. The molecule has 2 aromatic carbocycles. The topological polar surface area (TPSA) is 118 Å². The van der Waals surface area contributed by atoms with E-state index in [2.05, 4.69) is 10.4 Å². The van der Waals surface area contributed by atoms with Crippen LogP contribution in [-0.2, 0) is 9.84 Å². The molecule has 10 heteroatoms. The molecule has 0 aliphatic rings. The average Bonchev–Trinajstić information content (AvgIpc) is 3.12. The van der Waals surface area contributed by atoms with Crippen LogP contribution in [-0.4, -0.2) is 41.4 Å². The molecule has 3 aromatic rings. The van der Waals surface area contributed by atoms with Crippen molar-refractivity contribution in [3.05, 3.63) is 71.0 Å². The summed E-state index contributed by atoms with van der Waals surface area (Å²) in [6, 6.07) is 11.9. The molecule has 0 saturated heterocycles. The highest BCUT2D eigenvalue weighted by atomic mass is 35.5. The van der Waals surface area contributed by atoms with Gasteiger partial charge in [0.1, 0.15) is 0 Å². The Hall–Kier alpha value is -3.17. The number of benzene rings is 2. The van der Waals surface area contributed by atoms with Crippen molar-refractivity contribution >= 4 is 39.0 Å². The van der Waals surface area contributed by atoms with E-state index in [1.165, 1.54) is 35.1 Å². The second kappa shape index (κ2) is 7.45. The van der Waals surface area contributed by atoms with Crippen LogP contribution in [0.2, 0.25) is 5.02 Å². The van der Waals surface area contributed by atoms with Crippen LogP contribution >= 0.6 is 11.6 Å². The van der Waals surface area contributed by atoms with Crippen LogP contribution in [0.1, 0.15) is 20.8 Å². The van der Waals surface area contributed by atoms with Gasteiger partial charge in [-0.25, -0.2) is 17.9 Å². The van der Waals surface area contributed by atoms with Gasteiger partial charge in [0, 0.05) is 23.7 Å². The number of nitrogens with zero attached hydrogens (tertiary/aromatic N) is 2. The summed E-state index contributed by atoms with van der Waals surface area (Å²) in [6.07, 6.45) is 2.52. The molecule has 0 radical (unpaired) electrons. The number of nitrogens with one attached hydrogen (secondary N) is 1. The summed E-state index contributed by atoms with van der Waals surface area (Å²) >= 11 is 5.89. The highest BCUT2D eigenvalue weighted by Crippen LogP contribution is 2.23. The van der Waals surface area contributed by atoms with Crippen LogP contribution in [0.25, 0.3) is 5.69 Å². The summed E-state index contributed by atoms with van der Waals surface area (Å²) in [5.74, 6) is -1.62. The van der Waals surface area contributed by atoms with Gasteiger partial charge in [0.15, 0.2) is 15.5 Å². The second-order valence-corrected chi connectivity index (χ2v) is 8.26. The van der Waals surface area contributed by atoms with Crippen molar-refractivity contribution in [2.24, 2.45) is 0 Å². The van der Waals surface area contributed by atoms with E-state index in [1.807, 2.05) is 0 Å². The summed E-state index contributed by atoms with van der Waals surface area (Å²) < 4.78 is 24.9. The van der Waals surface area contributed by atoms with Gasteiger partial charge in [-0.3, -0.25) is 4.79 Å². The maximum absolute atomic E-state index is 12.4. The summed E-state index contributed by atoms with van der Waals surface area (Å²) in [7, 11) is -3.57. The Balaban J connectivity index is 1.79. The molecule has 0 spiro atoms. The fraction of sp³-hybridized carbons (Fsp3) is 0.0556. The number of aromatic carboxylic acids is 1. The molecule has 0 saturated carbocycles. The van der Waals surface area contributed by atoms with E-state index >= 15 is 0 Å². The molecule has 144 valence electrons. The van der Waals surface area contributed by atoms with Gasteiger partial charge in [-0.2, -0.15) is 5.10 Å². The molecule has 1 heterocycles. The van der Waals surface area contributed by atoms with E-state index in [0.717, 1.165) is 6.26 Å². The fourth-order valence-electron chi connectivity index (χ4n) is 2.41. The van der Waals surface area contributed by atoms with Gasteiger partial charge in [0.05, 0.1) is 15.6 Å². The third-order valence-corrected chi connectivity index (χ3v) is 5.37. The molecule has 8 nitrogen and oxygen atoms in total. The first-order valence-corrected chi connectivity index (χ1v) is 10.1. The Bertz CT molecular complexity index is 1170. The molecular formula is C18H14ClN3O5S. The lowest BCUT2D eigenvalue weighted by Crippen LogP contribution is -2.13. The minimum atomic E-state index is -3.57. The number of sulfone groups is 1. The van der Waals surface area contributed by atoms with Crippen molar-refractivity contribution in [1.29, 1.82) is 0 Å². The van der Waals surface area contributed by atoms with Crippen LogP contribution in [0, 0.1) is 0 Å². The molecule has 1 aromatic heterocycles. The summed E-state index contributed by atoms with van der Waals surface area (Å²) in [4.78, 5) is 23.2. The third kappa shape index (κ3) is 4.21. The lowest BCUT2D eigenvalue weighted by atomic mass is 10.2. The van der Waals surface area contributed by atoms with Gasteiger partial charge < -0.3 is 10.4 Å². The SMILES string of the molecule is CS(=O)(=O)c1cc(C(=O)Nc2ccc(-n3ccc(C(=O)O)n3)cc2)ccc1Cl. The van der Waals surface area contributed by atoms with Crippen LogP contribution in [0.3, 0.4) is 0 Å². The standard InChI is InChI=1S/C18H14ClN3O5S/c1-28(26,27)16-10-11(2-7-14(16)19)17(23)20-12-3-5-13(6-4-12)22-9-8-15(21-22)18(24)25/h2-10H,1H3,(H,20,23)(H,24,25). The van der Waals surface area contributed by atoms with E-state index in [1.54, 1.807) is 24.3 Å². The van der Waals surface area contributed by atoms with Crippen LogP contribution in [0.5, 0.6) is 0 Å². The van der Waals surface area contributed by atoms with Gasteiger partial charge in [-0.1, -0.05) is 11.6 Å². The fourth-order valence-corrected chi connectivity index (χ4v) is 3.71. The number of carbonyl (C=O) groups excluding carboxylic acids is 1. The first-order chi connectivity index (χ1) is 13.1. The highest BCUT2D eigenvalue weighted by Gasteiger charge is 2.16.